The molecule has 1 heterocycles. The Balaban J connectivity index is 1.46. The second kappa shape index (κ2) is 5.08. The lowest BCUT2D eigenvalue weighted by Crippen LogP contribution is -2.60. The molecule has 0 aromatic rings. The maximum Gasteiger partial charge on any atom is 0.179 e. The van der Waals surface area contributed by atoms with Crippen LogP contribution in [-0.2, 0) is 14.2 Å². The molecule has 0 amide bonds. The molecule has 5 aliphatic rings. The number of allylic oxidation sites excluding steroid dienone is 1. The minimum atomic E-state index is -0.235. The zero-order chi connectivity index (χ0) is 16.6. The van der Waals surface area contributed by atoms with E-state index < -0.39 is 0 Å². The number of ether oxygens (including phenoxy) is 3. The Bertz CT molecular complexity index is 565. The van der Waals surface area contributed by atoms with E-state index in [1.807, 2.05) is 7.11 Å². The summed E-state index contributed by atoms with van der Waals surface area (Å²) in [7, 11) is 1.88. The summed E-state index contributed by atoms with van der Waals surface area (Å²) in [5, 5.41) is 0. The molecule has 0 unspecified atom stereocenters. The van der Waals surface area contributed by atoms with E-state index in [4.69, 9.17) is 14.2 Å². The molecule has 0 radical (unpaired) electrons. The highest BCUT2D eigenvalue weighted by Gasteiger charge is 2.67. The predicted molar refractivity (Wildman–Crippen MR) is 92.3 cm³/mol. The molecule has 6 atom stereocenters. The van der Waals surface area contributed by atoms with Gasteiger partial charge in [0.15, 0.2) is 12.6 Å². The molecule has 1 saturated heterocycles. The fraction of sp³-hybridized carbons (Fsp3) is 0.905. The molecule has 3 nitrogen and oxygen atoms in total. The Morgan fingerprint density at radius 3 is 2.54 bits per heavy atom. The van der Waals surface area contributed by atoms with Crippen molar-refractivity contribution in [2.24, 2.45) is 28.6 Å². The lowest BCUT2D eigenvalue weighted by atomic mass is 9.47. The summed E-state index contributed by atoms with van der Waals surface area (Å²) in [6, 6.07) is 0. The van der Waals surface area contributed by atoms with Crippen molar-refractivity contribution in [1.29, 1.82) is 0 Å². The predicted octanol–water partition coefficient (Wildman–Crippen LogP) is 4.66. The number of hydrogen-bond acceptors (Lipinski definition) is 3. The topological polar surface area (TPSA) is 27.7 Å². The summed E-state index contributed by atoms with van der Waals surface area (Å²) in [6.45, 7) is 5.53. The second-order valence-electron chi connectivity index (χ2n) is 9.51. The monoisotopic (exact) mass is 332 g/mol. The van der Waals surface area contributed by atoms with Crippen LogP contribution in [0.2, 0.25) is 0 Å². The summed E-state index contributed by atoms with van der Waals surface area (Å²) in [6.07, 6.45) is 13.0. The summed E-state index contributed by atoms with van der Waals surface area (Å²) < 4.78 is 17.8. The summed E-state index contributed by atoms with van der Waals surface area (Å²) >= 11 is 0. The standard InChI is InChI=1S/C21H32O3/c1-19-9-6-15(22-3)12-14(19)4-5-16-17(19)7-10-20(2)18(16)8-11-21(20)23-13-24-21/h4,15-18H,5-13H2,1-3H3/t15-,16+,17-,18-,19-,20-/m0/s1. The van der Waals surface area contributed by atoms with Gasteiger partial charge in [-0.05, 0) is 68.1 Å². The second-order valence-corrected chi connectivity index (χ2v) is 9.51. The number of methoxy groups -OCH3 is 1. The van der Waals surface area contributed by atoms with Gasteiger partial charge in [0.25, 0.3) is 0 Å². The van der Waals surface area contributed by atoms with E-state index >= 15 is 0 Å². The smallest absolute Gasteiger partial charge is 0.179 e. The Hall–Kier alpha value is -0.380. The van der Waals surface area contributed by atoms with E-state index in [0.29, 0.717) is 18.3 Å². The normalized spacial score (nSPS) is 52.0. The first-order valence-electron chi connectivity index (χ1n) is 10.0. The van der Waals surface area contributed by atoms with Gasteiger partial charge in [-0.1, -0.05) is 25.5 Å². The van der Waals surface area contributed by atoms with Crippen molar-refractivity contribution in [2.45, 2.75) is 77.1 Å². The number of rotatable bonds is 1. The van der Waals surface area contributed by atoms with E-state index in [1.165, 1.54) is 38.5 Å². The van der Waals surface area contributed by atoms with Gasteiger partial charge < -0.3 is 14.2 Å². The average molecular weight is 332 g/mol. The minimum Gasteiger partial charge on any atom is -0.381 e. The molecule has 1 aliphatic heterocycles. The SMILES string of the molecule is CO[C@H]1CC[C@@]2(C)C(=CC[C@@H]3[C@@H]2CC[C@@]2(C)[C@H]3CCC23OCO3)C1. The van der Waals surface area contributed by atoms with Gasteiger partial charge in [-0.3, -0.25) is 0 Å². The highest BCUT2D eigenvalue weighted by atomic mass is 16.9. The van der Waals surface area contributed by atoms with Crippen LogP contribution in [0.25, 0.3) is 0 Å². The van der Waals surface area contributed by atoms with Crippen LogP contribution in [0.3, 0.4) is 0 Å². The van der Waals surface area contributed by atoms with Crippen molar-refractivity contribution in [3.05, 3.63) is 11.6 Å². The van der Waals surface area contributed by atoms with Gasteiger partial charge in [0.2, 0.25) is 0 Å². The van der Waals surface area contributed by atoms with Crippen molar-refractivity contribution in [1.82, 2.24) is 0 Å². The van der Waals surface area contributed by atoms with E-state index in [9.17, 15) is 0 Å². The van der Waals surface area contributed by atoms with Gasteiger partial charge in [-0.25, -0.2) is 0 Å². The molecule has 134 valence electrons. The molecule has 3 saturated carbocycles. The van der Waals surface area contributed by atoms with E-state index in [-0.39, 0.29) is 11.2 Å². The third kappa shape index (κ3) is 1.79. The van der Waals surface area contributed by atoms with E-state index in [2.05, 4.69) is 19.9 Å². The lowest BCUT2D eigenvalue weighted by Gasteiger charge is -2.60. The fourth-order valence-electron chi connectivity index (χ4n) is 7.46. The summed E-state index contributed by atoms with van der Waals surface area (Å²) in [5.41, 5.74) is 2.35. The molecule has 0 aromatic carbocycles. The molecule has 1 spiro atoms. The van der Waals surface area contributed by atoms with Crippen molar-refractivity contribution < 1.29 is 14.2 Å². The highest BCUT2D eigenvalue weighted by molar-refractivity contribution is 5.26. The number of hydrogen-bond donors (Lipinski definition) is 0. The van der Waals surface area contributed by atoms with Crippen LogP contribution in [0.4, 0.5) is 0 Å². The molecule has 4 aliphatic carbocycles. The van der Waals surface area contributed by atoms with Gasteiger partial charge in [0, 0.05) is 18.9 Å². The quantitative estimate of drug-likeness (QED) is 0.653. The highest BCUT2D eigenvalue weighted by Crippen LogP contribution is 2.69. The Kier molecular flexibility index (Phi) is 3.35. The largest absolute Gasteiger partial charge is 0.381 e. The fourth-order valence-corrected chi connectivity index (χ4v) is 7.46. The molecule has 24 heavy (non-hydrogen) atoms. The maximum absolute atomic E-state index is 6.04. The van der Waals surface area contributed by atoms with Crippen LogP contribution < -0.4 is 0 Å². The number of fused-ring (bicyclic) bond motifs is 6. The van der Waals surface area contributed by atoms with Crippen LogP contribution >= 0.6 is 0 Å². The van der Waals surface area contributed by atoms with Gasteiger partial charge >= 0.3 is 0 Å². The molecular weight excluding hydrogens is 300 g/mol. The van der Waals surface area contributed by atoms with Gasteiger partial charge in [-0.15, -0.1) is 0 Å². The van der Waals surface area contributed by atoms with Crippen molar-refractivity contribution >= 4 is 0 Å². The Morgan fingerprint density at radius 2 is 1.83 bits per heavy atom. The first-order valence-corrected chi connectivity index (χ1v) is 10.0. The van der Waals surface area contributed by atoms with Crippen LogP contribution in [-0.4, -0.2) is 25.8 Å². The molecule has 3 heteroatoms. The van der Waals surface area contributed by atoms with Crippen molar-refractivity contribution in [3.63, 3.8) is 0 Å². The van der Waals surface area contributed by atoms with E-state index in [0.717, 1.165) is 30.6 Å². The summed E-state index contributed by atoms with van der Waals surface area (Å²) in [4.78, 5) is 0. The van der Waals surface area contributed by atoms with E-state index in [1.54, 1.807) is 5.57 Å². The third-order valence-corrected chi connectivity index (χ3v) is 9.02. The minimum absolute atomic E-state index is 0.234. The zero-order valence-corrected chi connectivity index (χ0v) is 15.5. The van der Waals surface area contributed by atoms with Crippen LogP contribution in [0.15, 0.2) is 11.6 Å². The Morgan fingerprint density at radius 1 is 1.04 bits per heavy atom. The van der Waals surface area contributed by atoms with Gasteiger partial charge in [0.1, 0.15) is 0 Å². The van der Waals surface area contributed by atoms with Gasteiger partial charge in [0.05, 0.1) is 6.10 Å². The third-order valence-electron chi connectivity index (χ3n) is 9.02. The van der Waals surface area contributed by atoms with Crippen molar-refractivity contribution in [3.8, 4) is 0 Å². The molecule has 0 bridgehead atoms. The van der Waals surface area contributed by atoms with Crippen molar-refractivity contribution in [2.75, 3.05) is 13.9 Å². The molecule has 5 rings (SSSR count). The lowest BCUT2D eigenvalue weighted by molar-refractivity contribution is -0.437. The van der Waals surface area contributed by atoms with Gasteiger partial charge in [-0.2, -0.15) is 0 Å². The summed E-state index contributed by atoms with van der Waals surface area (Å²) in [5.74, 6) is 2.21. The van der Waals surface area contributed by atoms with Crippen LogP contribution in [0, 0.1) is 28.6 Å². The molecule has 4 fully saturated rings. The first kappa shape index (κ1) is 15.8. The van der Waals surface area contributed by atoms with Crippen LogP contribution in [0.1, 0.15) is 65.2 Å². The van der Waals surface area contributed by atoms with Crippen LogP contribution in [0.5, 0.6) is 0 Å². The molecule has 0 aromatic heterocycles. The zero-order valence-electron chi connectivity index (χ0n) is 15.5. The average Bonchev–Trinajstić information content (AvgIpc) is 2.87. The Labute approximate surface area is 146 Å². The first-order chi connectivity index (χ1) is 11.5. The molecule has 0 N–H and O–H groups in total. The maximum atomic E-state index is 6.04. The molecular formula is C21H32O3.